The Morgan fingerprint density at radius 3 is 2.74 bits per heavy atom. The van der Waals surface area contributed by atoms with Crippen molar-refractivity contribution < 1.29 is 4.92 Å². The molecule has 0 aliphatic rings. The predicted molar refractivity (Wildman–Crippen MR) is 70.0 cm³/mol. The Morgan fingerprint density at radius 1 is 1.37 bits per heavy atom. The van der Waals surface area contributed by atoms with E-state index >= 15 is 0 Å². The first-order chi connectivity index (χ1) is 9.20. The summed E-state index contributed by atoms with van der Waals surface area (Å²) in [4.78, 5) is 11.6. The Bertz CT molecular complexity index is 550. The number of benzene rings is 1. The third kappa shape index (κ3) is 3.35. The quantitative estimate of drug-likeness (QED) is 0.485. The summed E-state index contributed by atoms with van der Waals surface area (Å²) < 4.78 is 0. The number of non-ortho nitro benzene ring substituents is 1. The second-order valence-corrected chi connectivity index (χ2v) is 4.08. The molecule has 1 aromatic heterocycles. The zero-order valence-electron chi connectivity index (χ0n) is 10.6. The SMILES string of the molecule is CCCNCc1cnn(-c2ccc([N+](=O)[O-])cc2)n1. The van der Waals surface area contributed by atoms with Crippen molar-refractivity contribution in [3.8, 4) is 5.69 Å². The first kappa shape index (κ1) is 13.2. The van der Waals surface area contributed by atoms with Crippen molar-refractivity contribution in [1.29, 1.82) is 0 Å². The number of hydrogen-bond donors (Lipinski definition) is 1. The van der Waals surface area contributed by atoms with E-state index in [-0.39, 0.29) is 5.69 Å². The van der Waals surface area contributed by atoms with E-state index in [2.05, 4.69) is 22.4 Å². The molecule has 1 N–H and O–H groups in total. The Labute approximate surface area is 110 Å². The Balaban J connectivity index is 2.07. The van der Waals surface area contributed by atoms with Crippen LogP contribution >= 0.6 is 0 Å². The molecule has 0 amide bonds. The minimum Gasteiger partial charge on any atom is -0.311 e. The molecule has 0 aliphatic carbocycles. The summed E-state index contributed by atoms with van der Waals surface area (Å²) in [5.74, 6) is 0. The molecule has 1 heterocycles. The zero-order valence-corrected chi connectivity index (χ0v) is 10.6. The van der Waals surface area contributed by atoms with Gasteiger partial charge in [0.1, 0.15) is 0 Å². The number of aromatic nitrogens is 3. The second-order valence-electron chi connectivity index (χ2n) is 4.08. The molecule has 2 rings (SSSR count). The third-order valence-corrected chi connectivity index (χ3v) is 2.56. The molecule has 2 aromatic rings. The Morgan fingerprint density at radius 2 is 2.11 bits per heavy atom. The number of rotatable bonds is 6. The lowest BCUT2D eigenvalue weighted by Crippen LogP contribution is -2.14. The van der Waals surface area contributed by atoms with Crippen LogP contribution in [-0.4, -0.2) is 26.5 Å². The van der Waals surface area contributed by atoms with Crippen LogP contribution in [0.1, 0.15) is 19.0 Å². The molecule has 0 radical (unpaired) electrons. The summed E-state index contributed by atoms with van der Waals surface area (Å²) in [6, 6.07) is 6.13. The van der Waals surface area contributed by atoms with E-state index < -0.39 is 4.92 Å². The maximum atomic E-state index is 10.6. The maximum Gasteiger partial charge on any atom is 0.269 e. The molecule has 0 fully saturated rings. The molecule has 0 atom stereocenters. The molecule has 0 bridgehead atoms. The van der Waals surface area contributed by atoms with Crippen molar-refractivity contribution in [3.05, 3.63) is 46.3 Å². The van der Waals surface area contributed by atoms with Gasteiger partial charge < -0.3 is 5.32 Å². The van der Waals surface area contributed by atoms with E-state index in [1.807, 2.05) is 0 Å². The van der Waals surface area contributed by atoms with Crippen molar-refractivity contribution in [3.63, 3.8) is 0 Å². The summed E-state index contributed by atoms with van der Waals surface area (Å²) in [5.41, 5.74) is 1.60. The standard InChI is InChI=1S/C12H15N5O2/c1-2-7-13-8-10-9-14-16(15-10)11-3-5-12(6-4-11)17(18)19/h3-6,9,13H,2,7-8H2,1H3. The van der Waals surface area contributed by atoms with E-state index in [1.165, 1.54) is 16.9 Å². The summed E-state index contributed by atoms with van der Waals surface area (Å²) >= 11 is 0. The molecule has 0 spiro atoms. The van der Waals surface area contributed by atoms with Gasteiger partial charge >= 0.3 is 0 Å². The highest BCUT2D eigenvalue weighted by molar-refractivity contribution is 5.39. The van der Waals surface area contributed by atoms with Crippen LogP contribution < -0.4 is 5.32 Å². The van der Waals surface area contributed by atoms with Gasteiger partial charge in [0.2, 0.25) is 0 Å². The van der Waals surface area contributed by atoms with E-state index in [0.717, 1.165) is 18.7 Å². The molecule has 7 heteroatoms. The van der Waals surface area contributed by atoms with Crippen molar-refractivity contribution in [2.45, 2.75) is 19.9 Å². The topological polar surface area (TPSA) is 85.9 Å². The Kier molecular flexibility index (Phi) is 4.19. The van der Waals surface area contributed by atoms with Gasteiger partial charge in [-0.05, 0) is 25.1 Å². The normalized spacial score (nSPS) is 10.6. The second kappa shape index (κ2) is 6.05. The Hall–Kier alpha value is -2.28. The van der Waals surface area contributed by atoms with Gasteiger partial charge in [-0.2, -0.15) is 15.0 Å². The maximum absolute atomic E-state index is 10.6. The van der Waals surface area contributed by atoms with Crippen LogP contribution in [0.2, 0.25) is 0 Å². The number of nitro benzene ring substituents is 1. The highest BCUT2D eigenvalue weighted by Crippen LogP contribution is 2.13. The summed E-state index contributed by atoms with van der Waals surface area (Å²) in [5, 5.41) is 22.2. The van der Waals surface area contributed by atoms with Crippen molar-refractivity contribution in [2.75, 3.05) is 6.54 Å². The summed E-state index contributed by atoms with van der Waals surface area (Å²) in [6.07, 6.45) is 2.75. The summed E-state index contributed by atoms with van der Waals surface area (Å²) in [6.45, 7) is 3.70. The molecular weight excluding hydrogens is 246 g/mol. The minimum atomic E-state index is -0.430. The predicted octanol–water partition coefficient (Wildman–Crippen LogP) is 1.68. The lowest BCUT2D eigenvalue weighted by Gasteiger charge is -1.99. The number of hydrogen-bond acceptors (Lipinski definition) is 5. The van der Waals surface area contributed by atoms with E-state index in [9.17, 15) is 10.1 Å². The average molecular weight is 261 g/mol. The fraction of sp³-hybridized carbons (Fsp3) is 0.333. The van der Waals surface area contributed by atoms with E-state index in [0.29, 0.717) is 12.2 Å². The lowest BCUT2D eigenvalue weighted by molar-refractivity contribution is -0.384. The zero-order chi connectivity index (χ0) is 13.7. The van der Waals surface area contributed by atoms with E-state index in [1.54, 1.807) is 18.3 Å². The first-order valence-electron chi connectivity index (χ1n) is 6.07. The van der Waals surface area contributed by atoms with Gasteiger partial charge in [0, 0.05) is 18.7 Å². The average Bonchev–Trinajstić information content (AvgIpc) is 2.88. The fourth-order valence-corrected chi connectivity index (χ4v) is 1.60. The summed E-state index contributed by atoms with van der Waals surface area (Å²) in [7, 11) is 0. The first-order valence-corrected chi connectivity index (χ1v) is 6.07. The van der Waals surface area contributed by atoms with Gasteiger partial charge in [-0.3, -0.25) is 10.1 Å². The van der Waals surface area contributed by atoms with Gasteiger partial charge in [0.25, 0.3) is 5.69 Å². The number of nitrogens with one attached hydrogen (secondary N) is 1. The van der Waals surface area contributed by atoms with Gasteiger partial charge in [-0.1, -0.05) is 6.92 Å². The third-order valence-electron chi connectivity index (χ3n) is 2.56. The van der Waals surface area contributed by atoms with Gasteiger partial charge in [-0.25, -0.2) is 0 Å². The van der Waals surface area contributed by atoms with Crippen molar-refractivity contribution >= 4 is 5.69 Å². The monoisotopic (exact) mass is 261 g/mol. The van der Waals surface area contributed by atoms with Crippen LogP contribution in [-0.2, 0) is 6.54 Å². The molecule has 100 valence electrons. The van der Waals surface area contributed by atoms with Gasteiger partial charge in [0.15, 0.2) is 0 Å². The molecule has 0 saturated heterocycles. The van der Waals surface area contributed by atoms with Gasteiger partial charge in [-0.15, -0.1) is 0 Å². The van der Waals surface area contributed by atoms with Crippen LogP contribution in [0, 0.1) is 10.1 Å². The number of nitrogens with zero attached hydrogens (tertiary/aromatic N) is 4. The molecule has 0 unspecified atom stereocenters. The lowest BCUT2D eigenvalue weighted by atomic mass is 10.3. The largest absolute Gasteiger partial charge is 0.311 e. The van der Waals surface area contributed by atoms with Crippen LogP contribution in [0.3, 0.4) is 0 Å². The minimum absolute atomic E-state index is 0.0562. The van der Waals surface area contributed by atoms with Crippen molar-refractivity contribution in [2.24, 2.45) is 0 Å². The van der Waals surface area contributed by atoms with Crippen LogP contribution in [0.5, 0.6) is 0 Å². The van der Waals surface area contributed by atoms with Crippen LogP contribution in [0.25, 0.3) is 5.69 Å². The van der Waals surface area contributed by atoms with Crippen molar-refractivity contribution in [1.82, 2.24) is 20.3 Å². The molecular formula is C12H15N5O2. The smallest absolute Gasteiger partial charge is 0.269 e. The van der Waals surface area contributed by atoms with Crippen LogP contribution in [0.15, 0.2) is 30.5 Å². The molecule has 1 aromatic carbocycles. The molecule has 7 nitrogen and oxygen atoms in total. The fourth-order valence-electron chi connectivity index (χ4n) is 1.60. The molecule has 19 heavy (non-hydrogen) atoms. The highest BCUT2D eigenvalue weighted by Gasteiger charge is 2.06. The molecule has 0 saturated carbocycles. The number of nitro groups is 1. The van der Waals surface area contributed by atoms with Gasteiger partial charge in [0.05, 0.1) is 22.5 Å². The van der Waals surface area contributed by atoms with Crippen LogP contribution in [0.4, 0.5) is 5.69 Å². The molecule has 0 aliphatic heterocycles. The highest BCUT2D eigenvalue weighted by atomic mass is 16.6. The van der Waals surface area contributed by atoms with E-state index in [4.69, 9.17) is 0 Å².